The molecule has 6 rings (SSSR count). The molecule has 0 saturated heterocycles. The van der Waals surface area contributed by atoms with Crippen LogP contribution < -0.4 is 0 Å². The Hall–Kier alpha value is -2.22. The summed E-state index contributed by atoms with van der Waals surface area (Å²) in [5.41, 5.74) is 14.5. The minimum absolute atomic E-state index is 0.526. The maximum atomic E-state index is 4.93. The first-order valence-electron chi connectivity index (χ1n) is 20.0. The molecule has 0 amide bonds. The molecular weight excluding hydrogens is 791 g/mol. The van der Waals surface area contributed by atoms with E-state index in [2.05, 4.69) is 179 Å². The Labute approximate surface area is 350 Å². The molecule has 0 aromatic heterocycles. The normalized spacial score (nSPS) is 11.0. The third kappa shape index (κ3) is 12.4. The summed E-state index contributed by atoms with van der Waals surface area (Å²) in [7, 11) is 11.0. The second-order valence-electron chi connectivity index (χ2n) is 15.9. The molecule has 6 aromatic carbocycles. The fourth-order valence-electron chi connectivity index (χ4n) is 7.61. The molecule has 0 heterocycles. The van der Waals surface area contributed by atoms with Gasteiger partial charge in [-0.2, -0.15) is 12.1 Å². The summed E-state index contributed by atoms with van der Waals surface area (Å²) in [6, 6.07) is 36.8. The van der Waals surface area contributed by atoms with Gasteiger partial charge in [-0.05, 0) is 71.6 Å². The summed E-state index contributed by atoms with van der Waals surface area (Å²) < 4.78 is 0. The average molecular weight is 855 g/mol. The van der Waals surface area contributed by atoms with Gasteiger partial charge < -0.3 is 0 Å². The molecule has 0 aliphatic heterocycles. The number of rotatable bonds is 10. The van der Waals surface area contributed by atoms with Crippen molar-refractivity contribution in [2.75, 3.05) is 0 Å². The van der Waals surface area contributed by atoms with Gasteiger partial charge in [0.15, 0.2) is 0 Å². The van der Waals surface area contributed by atoms with Crippen LogP contribution in [-0.2, 0) is 46.5 Å². The number of hydrogen-bond acceptors (Lipinski definition) is 0. The van der Waals surface area contributed by atoms with Crippen LogP contribution in [0.15, 0.2) is 97.1 Å². The SMILES string of the molecule is CCc1ccccc1-c1c(C(C)C)ccc2[cH-]c(CC(C)C)cc12.CCc1ccccc1-c1c(C(C)C)ccc2[cH-]c(CC(C)C)cc12.C[Si]C.[Cl][Zr+2][Cl]. The van der Waals surface area contributed by atoms with Crippen LogP contribution in [0.25, 0.3) is 43.8 Å². The first-order valence-corrected chi connectivity index (χ1v) is 28.3. The van der Waals surface area contributed by atoms with Crippen LogP contribution in [0, 0.1) is 11.8 Å². The summed E-state index contributed by atoms with van der Waals surface area (Å²) in [4.78, 5) is 0. The van der Waals surface area contributed by atoms with Crippen LogP contribution in [-0.4, -0.2) is 9.52 Å². The van der Waals surface area contributed by atoms with Gasteiger partial charge in [0.1, 0.15) is 0 Å². The molecule has 0 spiro atoms. The van der Waals surface area contributed by atoms with Crippen molar-refractivity contribution in [2.45, 2.75) is 120 Å². The standard InChI is InChI=1S/2C24H29.C2H6Si.2ClH.Zr/c2*1-6-19-9-7-8-10-22(19)24-21(17(4)5)12-11-20-14-18(13-16(2)3)15-23(20)24;1-3-2;;;/h2*7-12,14-17H,6,13H2,1-5H3;1-2H3;2*1H;/q2*-1;;;;+4/p-2. The first-order chi connectivity index (χ1) is 25.8. The van der Waals surface area contributed by atoms with Gasteiger partial charge in [-0.1, -0.05) is 153 Å². The van der Waals surface area contributed by atoms with Gasteiger partial charge in [-0.3, -0.25) is 0 Å². The molecule has 286 valence electrons. The number of fused-ring (bicyclic) bond motifs is 2. The molecule has 0 N–H and O–H groups in total. The van der Waals surface area contributed by atoms with E-state index >= 15 is 0 Å². The predicted octanol–water partition coefficient (Wildman–Crippen LogP) is 16.4. The van der Waals surface area contributed by atoms with Crippen LogP contribution in [0.2, 0.25) is 13.1 Å². The molecule has 0 atom stereocenters. The third-order valence-electron chi connectivity index (χ3n) is 9.83. The van der Waals surface area contributed by atoms with E-state index in [0.29, 0.717) is 23.7 Å². The van der Waals surface area contributed by atoms with Gasteiger partial charge in [-0.25, -0.2) is 0 Å². The zero-order valence-corrected chi connectivity index (χ0v) is 40.1. The Morgan fingerprint density at radius 1 is 0.556 bits per heavy atom. The molecule has 54 heavy (non-hydrogen) atoms. The van der Waals surface area contributed by atoms with Gasteiger partial charge in [0.2, 0.25) is 0 Å². The molecule has 0 aliphatic rings. The van der Waals surface area contributed by atoms with Crippen molar-refractivity contribution in [3.05, 3.63) is 130 Å². The van der Waals surface area contributed by atoms with Gasteiger partial charge >= 0.3 is 37.9 Å². The Kier molecular flexibility index (Phi) is 19.8. The number of halogens is 2. The average Bonchev–Trinajstić information content (AvgIpc) is 3.74. The van der Waals surface area contributed by atoms with Crippen molar-refractivity contribution in [2.24, 2.45) is 11.8 Å². The monoisotopic (exact) mass is 852 g/mol. The summed E-state index contributed by atoms with van der Waals surface area (Å²) >= 11 is -0.826. The van der Waals surface area contributed by atoms with E-state index in [1.54, 1.807) is 0 Å². The van der Waals surface area contributed by atoms with Gasteiger partial charge in [0.25, 0.3) is 0 Å². The number of hydrogen-bond donors (Lipinski definition) is 0. The van der Waals surface area contributed by atoms with Crippen LogP contribution in [0.3, 0.4) is 0 Å². The molecule has 0 saturated carbocycles. The fraction of sp³-hybridized carbons (Fsp3) is 0.400. The Balaban J connectivity index is 0.000000254. The molecule has 2 radical (unpaired) electrons. The molecule has 0 bridgehead atoms. The van der Waals surface area contributed by atoms with Crippen molar-refractivity contribution in [3.8, 4) is 22.3 Å². The van der Waals surface area contributed by atoms with Crippen molar-refractivity contribution in [3.63, 3.8) is 0 Å². The van der Waals surface area contributed by atoms with Crippen molar-refractivity contribution >= 4 is 48.1 Å². The second-order valence-corrected chi connectivity index (χ2v) is 20.6. The molecule has 0 aliphatic carbocycles. The Morgan fingerprint density at radius 3 is 1.19 bits per heavy atom. The zero-order valence-electron chi connectivity index (χ0n) is 35.1. The van der Waals surface area contributed by atoms with E-state index in [1.165, 1.54) is 77.2 Å². The quantitative estimate of drug-likeness (QED) is 0.0951. The van der Waals surface area contributed by atoms with Gasteiger partial charge in [-0.15, -0.1) is 69.1 Å². The van der Waals surface area contributed by atoms with Crippen molar-refractivity contribution in [1.29, 1.82) is 0 Å². The van der Waals surface area contributed by atoms with E-state index < -0.39 is 20.8 Å². The summed E-state index contributed by atoms with van der Waals surface area (Å²) in [5, 5.41) is 5.63. The van der Waals surface area contributed by atoms with E-state index in [0.717, 1.165) is 35.2 Å². The molecule has 0 nitrogen and oxygen atoms in total. The molecule has 4 heteroatoms. The summed E-state index contributed by atoms with van der Waals surface area (Å²) in [6.07, 6.45) is 4.45. The molecule has 0 unspecified atom stereocenters. The van der Waals surface area contributed by atoms with Crippen LogP contribution in [0.5, 0.6) is 0 Å². The number of benzene rings is 4. The van der Waals surface area contributed by atoms with E-state index in [9.17, 15) is 0 Å². The Morgan fingerprint density at radius 2 is 0.889 bits per heavy atom. The van der Waals surface area contributed by atoms with Crippen LogP contribution >= 0.6 is 17.0 Å². The fourth-order valence-corrected chi connectivity index (χ4v) is 7.61. The topological polar surface area (TPSA) is 0 Å². The maximum absolute atomic E-state index is 4.93. The van der Waals surface area contributed by atoms with Crippen molar-refractivity contribution in [1.82, 2.24) is 0 Å². The van der Waals surface area contributed by atoms with E-state index in [4.69, 9.17) is 17.0 Å². The third-order valence-corrected chi connectivity index (χ3v) is 9.83. The van der Waals surface area contributed by atoms with E-state index in [-0.39, 0.29) is 0 Å². The molecular formula is C50H64Cl2SiZr. The van der Waals surface area contributed by atoms with Gasteiger partial charge in [0, 0.05) is 9.52 Å². The van der Waals surface area contributed by atoms with E-state index in [1.807, 2.05) is 0 Å². The predicted molar refractivity (Wildman–Crippen MR) is 243 cm³/mol. The minimum atomic E-state index is -0.826. The van der Waals surface area contributed by atoms with Crippen LogP contribution in [0.4, 0.5) is 0 Å². The second kappa shape index (κ2) is 23.1. The molecule has 6 aromatic rings. The van der Waals surface area contributed by atoms with Crippen LogP contribution in [0.1, 0.15) is 114 Å². The van der Waals surface area contributed by atoms with Crippen molar-refractivity contribution < 1.29 is 20.8 Å². The summed E-state index contributed by atoms with van der Waals surface area (Å²) in [6.45, 7) is 27.2. The first kappa shape index (κ1) is 46.2. The van der Waals surface area contributed by atoms with Gasteiger partial charge in [0.05, 0.1) is 0 Å². The summed E-state index contributed by atoms with van der Waals surface area (Å²) in [5.74, 6) is 2.44. The number of aryl methyl sites for hydroxylation is 2. The Bertz CT molecular complexity index is 1860. The molecule has 0 fully saturated rings. The zero-order chi connectivity index (χ0) is 39.9.